The molecule has 0 radical (unpaired) electrons. The van der Waals surface area contributed by atoms with Gasteiger partial charge < -0.3 is 5.73 Å². The third-order valence-corrected chi connectivity index (χ3v) is 5.86. The van der Waals surface area contributed by atoms with Crippen molar-refractivity contribution in [2.75, 3.05) is 6.54 Å². The number of hydrogen-bond acceptors (Lipinski definition) is 3. The van der Waals surface area contributed by atoms with Gasteiger partial charge in [-0.1, -0.05) is 19.3 Å². The number of sulfonamides is 1. The van der Waals surface area contributed by atoms with E-state index in [-0.39, 0.29) is 10.8 Å². The molecule has 5 heteroatoms. The topological polar surface area (TPSA) is 72.2 Å². The minimum atomic E-state index is -3.12. The highest BCUT2D eigenvalue weighted by molar-refractivity contribution is 7.90. The fourth-order valence-electron chi connectivity index (χ4n) is 2.55. The van der Waals surface area contributed by atoms with Crippen molar-refractivity contribution >= 4 is 10.0 Å². The van der Waals surface area contributed by atoms with Crippen LogP contribution in [0.1, 0.15) is 51.4 Å². The van der Waals surface area contributed by atoms with Gasteiger partial charge >= 0.3 is 0 Å². The normalized spacial score (nSPS) is 26.3. The summed E-state index contributed by atoms with van der Waals surface area (Å²) in [4.78, 5) is 0. The van der Waals surface area contributed by atoms with Crippen molar-refractivity contribution in [2.24, 2.45) is 5.73 Å². The Hall–Kier alpha value is -0.130. The van der Waals surface area contributed by atoms with Crippen molar-refractivity contribution in [3.63, 3.8) is 0 Å². The van der Waals surface area contributed by atoms with Gasteiger partial charge in [0.1, 0.15) is 0 Å². The maximum Gasteiger partial charge on any atom is 0.214 e. The summed E-state index contributed by atoms with van der Waals surface area (Å²) >= 11 is 0. The Labute approximate surface area is 98.0 Å². The molecular weight excluding hydrogens is 224 g/mol. The minimum absolute atomic E-state index is 0.176. The van der Waals surface area contributed by atoms with Crippen LogP contribution < -0.4 is 10.5 Å². The second-order valence-corrected chi connectivity index (χ2v) is 7.39. The first-order chi connectivity index (χ1) is 7.52. The molecule has 2 rings (SSSR count). The summed E-state index contributed by atoms with van der Waals surface area (Å²) in [6, 6.07) is 0. The molecular formula is C11H22N2O2S. The Morgan fingerprint density at radius 2 is 1.75 bits per heavy atom. The van der Waals surface area contributed by atoms with Crippen LogP contribution in [0.15, 0.2) is 0 Å². The van der Waals surface area contributed by atoms with E-state index in [0.29, 0.717) is 6.54 Å². The van der Waals surface area contributed by atoms with Crippen molar-refractivity contribution in [1.82, 2.24) is 4.72 Å². The van der Waals surface area contributed by atoms with Gasteiger partial charge in [0, 0.05) is 12.1 Å². The molecule has 0 atom stereocenters. The van der Waals surface area contributed by atoms with Gasteiger partial charge in [-0.15, -0.1) is 0 Å². The van der Waals surface area contributed by atoms with Crippen molar-refractivity contribution < 1.29 is 8.42 Å². The Morgan fingerprint density at radius 3 is 2.25 bits per heavy atom. The van der Waals surface area contributed by atoms with Gasteiger partial charge in [0.15, 0.2) is 0 Å². The van der Waals surface area contributed by atoms with E-state index in [1.54, 1.807) is 0 Å². The highest BCUT2D eigenvalue weighted by Gasteiger charge is 2.35. The van der Waals surface area contributed by atoms with Gasteiger partial charge in [-0.05, 0) is 32.1 Å². The molecule has 2 aliphatic carbocycles. The van der Waals surface area contributed by atoms with Gasteiger partial charge in [0.05, 0.1) is 5.25 Å². The zero-order chi connectivity index (χ0) is 11.6. The van der Waals surface area contributed by atoms with Gasteiger partial charge in [-0.25, -0.2) is 13.1 Å². The fourth-order valence-corrected chi connectivity index (χ4v) is 4.22. The van der Waals surface area contributed by atoms with E-state index in [4.69, 9.17) is 5.73 Å². The molecule has 0 aromatic rings. The first kappa shape index (κ1) is 12.3. The molecule has 0 amide bonds. The molecule has 0 spiro atoms. The molecule has 2 aliphatic rings. The van der Waals surface area contributed by atoms with Crippen LogP contribution >= 0.6 is 0 Å². The van der Waals surface area contributed by atoms with Crippen LogP contribution in [0.4, 0.5) is 0 Å². The molecule has 0 heterocycles. The largest absolute Gasteiger partial charge is 0.324 e. The van der Waals surface area contributed by atoms with Crippen LogP contribution in [0.5, 0.6) is 0 Å². The number of nitrogens with one attached hydrogen (secondary N) is 1. The lowest BCUT2D eigenvalue weighted by Gasteiger charge is -2.38. The van der Waals surface area contributed by atoms with Crippen molar-refractivity contribution in [1.29, 1.82) is 0 Å². The molecule has 2 saturated carbocycles. The highest BCUT2D eigenvalue weighted by atomic mass is 32.2. The molecule has 0 unspecified atom stereocenters. The molecule has 94 valence electrons. The summed E-state index contributed by atoms with van der Waals surface area (Å²) in [5.41, 5.74) is 5.75. The van der Waals surface area contributed by atoms with E-state index in [1.807, 2.05) is 0 Å². The van der Waals surface area contributed by atoms with Gasteiger partial charge in [0.2, 0.25) is 10.0 Å². The van der Waals surface area contributed by atoms with Crippen LogP contribution in [0.3, 0.4) is 0 Å². The number of rotatable bonds is 4. The van der Waals surface area contributed by atoms with E-state index in [1.165, 1.54) is 6.42 Å². The minimum Gasteiger partial charge on any atom is -0.324 e. The summed E-state index contributed by atoms with van der Waals surface area (Å²) in [5, 5.41) is -0.176. The Morgan fingerprint density at radius 1 is 1.12 bits per heavy atom. The number of nitrogens with two attached hydrogens (primary N) is 1. The van der Waals surface area contributed by atoms with Gasteiger partial charge in [-0.3, -0.25) is 0 Å². The van der Waals surface area contributed by atoms with E-state index >= 15 is 0 Å². The number of hydrogen-bond donors (Lipinski definition) is 2. The maximum atomic E-state index is 12.0. The predicted molar refractivity (Wildman–Crippen MR) is 64.6 cm³/mol. The Balaban J connectivity index is 1.86. The van der Waals surface area contributed by atoms with E-state index < -0.39 is 10.0 Å². The van der Waals surface area contributed by atoms with E-state index in [0.717, 1.165) is 44.9 Å². The smallest absolute Gasteiger partial charge is 0.214 e. The molecule has 0 aromatic carbocycles. The zero-order valence-corrected chi connectivity index (χ0v) is 10.6. The SMILES string of the molecule is NC1(CNS(=O)(=O)C2CCCCC2)CCC1. The molecule has 0 aliphatic heterocycles. The zero-order valence-electron chi connectivity index (χ0n) is 9.74. The van der Waals surface area contributed by atoms with E-state index in [9.17, 15) is 8.42 Å². The lowest BCUT2D eigenvalue weighted by molar-refractivity contribution is 0.250. The van der Waals surface area contributed by atoms with Gasteiger partial charge in [-0.2, -0.15) is 0 Å². The third kappa shape index (κ3) is 2.76. The van der Waals surface area contributed by atoms with Crippen LogP contribution in [0.2, 0.25) is 0 Å². The molecule has 3 N–H and O–H groups in total. The average molecular weight is 246 g/mol. The van der Waals surface area contributed by atoms with Crippen molar-refractivity contribution in [2.45, 2.75) is 62.2 Å². The standard InChI is InChI=1S/C11H22N2O2S/c12-11(7-4-8-11)9-13-16(14,15)10-5-2-1-3-6-10/h10,13H,1-9,12H2. The first-order valence-corrected chi connectivity index (χ1v) is 7.84. The summed E-state index contributed by atoms with van der Waals surface area (Å²) in [6.07, 6.45) is 7.90. The van der Waals surface area contributed by atoms with Crippen LogP contribution in [-0.4, -0.2) is 25.8 Å². The van der Waals surface area contributed by atoms with Crippen molar-refractivity contribution in [3.8, 4) is 0 Å². The fraction of sp³-hybridized carbons (Fsp3) is 1.00. The molecule has 2 fully saturated rings. The Bertz CT molecular complexity index is 330. The van der Waals surface area contributed by atoms with E-state index in [2.05, 4.69) is 4.72 Å². The lowest BCUT2D eigenvalue weighted by Crippen LogP contribution is -2.55. The second-order valence-electron chi connectivity index (χ2n) is 5.34. The van der Waals surface area contributed by atoms with Crippen LogP contribution in [-0.2, 0) is 10.0 Å². The maximum absolute atomic E-state index is 12.0. The molecule has 0 bridgehead atoms. The van der Waals surface area contributed by atoms with Gasteiger partial charge in [0.25, 0.3) is 0 Å². The molecule has 16 heavy (non-hydrogen) atoms. The quantitative estimate of drug-likeness (QED) is 0.781. The first-order valence-electron chi connectivity index (χ1n) is 6.29. The molecule has 0 saturated heterocycles. The summed E-state index contributed by atoms with van der Waals surface area (Å²) in [7, 11) is -3.12. The monoisotopic (exact) mass is 246 g/mol. The lowest BCUT2D eigenvalue weighted by atomic mass is 9.78. The molecule has 0 aromatic heterocycles. The third-order valence-electron chi connectivity index (χ3n) is 3.97. The summed E-state index contributed by atoms with van der Waals surface area (Å²) < 4.78 is 26.7. The predicted octanol–water partition coefficient (Wildman–Crippen LogP) is 1.12. The average Bonchev–Trinajstić information content (AvgIpc) is 2.25. The second kappa shape index (κ2) is 4.63. The van der Waals surface area contributed by atoms with Crippen LogP contribution in [0.25, 0.3) is 0 Å². The summed E-state index contributed by atoms with van der Waals surface area (Å²) in [6.45, 7) is 0.422. The Kier molecular flexibility index (Phi) is 3.56. The van der Waals surface area contributed by atoms with Crippen LogP contribution in [0, 0.1) is 0 Å². The molecule has 4 nitrogen and oxygen atoms in total. The summed E-state index contributed by atoms with van der Waals surface area (Å²) in [5.74, 6) is 0. The highest BCUT2D eigenvalue weighted by Crippen LogP contribution is 2.29. The van der Waals surface area contributed by atoms with Crippen molar-refractivity contribution in [3.05, 3.63) is 0 Å².